The van der Waals surface area contributed by atoms with Gasteiger partial charge in [0.1, 0.15) is 15.8 Å². The SMILES string of the molecule is CCCCOc1ccc(-c2nn(-c3ccccc3)cc2C=C2SC(=S)N(CCOC)C2=O)cc1Cl. The van der Waals surface area contributed by atoms with Crippen molar-refractivity contribution in [1.29, 1.82) is 0 Å². The summed E-state index contributed by atoms with van der Waals surface area (Å²) in [5.41, 5.74) is 3.23. The maximum absolute atomic E-state index is 13.0. The molecule has 2 aromatic carbocycles. The number of hydrogen-bond acceptors (Lipinski definition) is 6. The third kappa shape index (κ3) is 5.95. The van der Waals surface area contributed by atoms with Gasteiger partial charge in [-0.3, -0.25) is 9.69 Å². The first kappa shape index (κ1) is 25.4. The number of hydrogen-bond donors (Lipinski definition) is 0. The van der Waals surface area contributed by atoms with E-state index in [1.165, 1.54) is 11.8 Å². The maximum Gasteiger partial charge on any atom is 0.266 e. The molecule has 0 aliphatic carbocycles. The van der Waals surface area contributed by atoms with E-state index >= 15 is 0 Å². The highest BCUT2D eigenvalue weighted by molar-refractivity contribution is 8.26. The molecule has 0 N–H and O–H groups in total. The van der Waals surface area contributed by atoms with Crippen molar-refractivity contribution in [2.45, 2.75) is 19.8 Å². The van der Waals surface area contributed by atoms with Crippen LogP contribution >= 0.6 is 35.6 Å². The first-order valence-corrected chi connectivity index (χ1v) is 12.9. The molecule has 35 heavy (non-hydrogen) atoms. The monoisotopic (exact) mass is 527 g/mol. The summed E-state index contributed by atoms with van der Waals surface area (Å²) in [5.74, 6) is 0.514. The fourth-order valence-electron chi connectivity index (χ4n) is 3.54. The van der Waals surface area contributed by atoms with E-state index in [0.717, 1.165) is 29.7 Å². The number of carbonyl (C=O) groups is 1. The number of para-hydroxylation sites is 1. The van der Waals surface area contributed by atoms with Crippen LogP contribution in [0.15, 0.2) is 59.6 Å². The quantitative estimate of drug-likeness (QED) is 0.177. The van der Waals surface area contributed by atoms with Gasteiger partial charge in [0.25, 0.3) is 5.91 Å². The summed E-state index contributed by atoms with van der Waals surface area (Å²) in [5, 5.41) is 5.36. The van der Waals surface area contributed by atoms with Gasteiger partial charge in [-0.15, -0.1) is 0 Å². The van der Waals surface area contributed by atoms with Crippen LogP contribution in [0.3, 0.4) is 0 Å². The molecule has 1 aliphatic heterocycles. The van der Waals surface area contributed by atoms with Gasteiger partial charge in [-0.1, -0.05) is 67.1 Å². The number of thiocarbonyl (C=S) groups is 1. The van der Waals surface area contributed by atoms with E-state index < -0.39 is 0 Å². The van der Waals surface area contributed by atoms with E-state index in [2.05, 4.69) is 6.92 Å². The van der Waals surface area contributed by atoms with Crippen LogP contribution in [-0.2, 0) is 9.53 Å². The molecular weight excluding hydrogens is 502 g/mol. The average Bonchev–Trinajstić information content (AvgIpc) is 3.40. The van der Waals surface area contributed by atoms with Gasteiger partial charge in [0.05, 0.1) is 35.4 Å². The molecule has 9 heteroatoms. The molecule has 1 saturated heterocycles. The zero-order valence-corrected chi connectivity index (χ0v) is 22.0. The summed E-state index contributed by atoms with van der Waals surface area (Å²) < 4.78 is 13.2. The predicted octanol–water partition coefficient (Wildman–Crippen LogP) is 6.22. The third-order valence-electron chi connectivity index (χ3n) is 5.40. The number of amides is 1. The van der Waals surface area contributed by atoms with Gasteiger partial charge in [-0.2, -0.15) is 5.10 Å². The molecule has 0 saturated carbocycles. The molecule has 0 radical (unpaired) electrons. The Bertz CT molecular complexity index is 1240. The lowest BCUT2D eigenvalue weighted by molar-refractivity contribution is -0.122. The molecule has 2 heterocycles. The number of rotatable bonds is 10. The summed E-state index contributed by atoms with van der Waals surface area (Å²) in [6, 6.07) is 15.5. The average molecular weight is 528 g/mol. The van der Waals surface area contributed by atoms with Gasteiger partial charge in [-0.25, -0.2) is 4.68 Å². The highest BCUT2D eigenvalue weighted by atomic mass is 35.5. The Hall–Kier alpha value is -2.65. The summed E-state index contributed by atoms with van der Waals surface area (Å²) in [6.45, 7) is 3.57. The third-order valence-corrected chi connectivity index (χ3v) is 7.08. The molecule has 182 valence electrons. The summed E-state index contributed by atoms with van der Waals surface area (Å²) in [6.07, 6.45) is 5.76. The number of methoxy groups -OCH3 is 1. The standard InChI is InChI=1S/C26H26ClN3O3S2/c1-3-4-13-33-22-11-10-18(15-21(22)27)24-19(17-30(28-24)20-8-6-5-7-9-20)16-23-25(31)29(12-14-32-2)26(34)35-23/h5-11,15-17H,3-4,12-14H2,1-2H3. The van der Waals surface area contributed by atoms with E-state index in [0.29, 0.717) is 45.5 Å². The predicted molar refractivity (Wildman–Crippen MR) is 146 cm³/mol. The van der Waals surface area contributed by atoms with Crippen LogP contribution in [0.2, 0.25) is 5.02 Å². The number of aromatic nitrogens is 2. The van der Waals surface area contributed by atoms with Gasteiger partial charge >= 0.3 is 0 Å². The Morgan fingerprint density at radius 1 is 1.17 bits per heavy atom. The van der Waals surface area contributed by atoms with E-state index in [4.69, 9.17) is 38.4 Å². The van der Waals surface area contributed by atoms with Crippen LogP contribution in [0, 0.1) is 0 Å². The van der Waals surface area contributed by atoms with Crippen molar-refractivity contribution >= 4 is 51.9 Å². The Morgan fingerprint density at radius 2 is 1.97 bits per heavy atom. The van der Waals surface area contributed by atoms with Gasteiger partial charge in [0.2, 0.25) is 0 Å². The highest BCUT2D eigenvalue weighted by Crippen LogP contribution is 2.36. The van der Waals surface area contributed by atoms with Crippen molar-refractivity contribution in [3.8, 4) is 22.7 Å². The van der Waals surface area contributed by atoms with Crippen LogP contribution in [0.1, 0.15) is 25.3 Å². The zero-order valence-electron chi connectivity index (χ0n) is 19.6. The molecular formula is C26H26ClN3O3S2. The minimum absolute atomic E-state index is 0.131. The van der Waals surface area contributed by atoms with Crippen LogP contribution in [0.5, 0.6) is 5.75 Å². The van der Waals surface area contributed by atoms with Crippen molar-refractivity contribution in [2.24, 2.45) is 0 Å². The molecule has 1 amide bonds. The number of halogens is 1. The van der Waals surface area contributed by atoms with Crippen LogP contribution in [0.25, 0.3) is 23.0 Å². The van der Waals surface area contributed by atoms with E-state index in [-0.39, 0.29) is 5.91 Å². The van der Waals surface area contributed by atoms with Crippen molar-refractivity contribution < 1.29 is 14.3 Å². The molecule has 1 fully saturated rings. The first-order chi connectivity index (χ1) is 17.0. The molecule has 0 bridgehead atoms. The molecule has 3 aromatic rings. The van der Waals surface area contributed by atoms with E-state index in [1.807, 2.05) is 60.8 Å². The molecule has 0 spiro atoms. The summed E-state index contributed by atoms with van der Waals surface area (Å²) >= 11 is 13.3. The second-order valence-corrected chi connectivity index (χ2v) is 9.97. The lowest BCUT2D eigenvalue weighted by Crippen LogP contribution is -2.31. The minimum atomic E-state index is -0.131. The largest absolute Gasteiger partial charge is 0.492 e. The second kappa shape index (κ2) is 11.9. The van der Waals surface area contributed by atoms with Gasteiger partial charge in [0.15, 0.2) is 0 Å². The highest BCUT2D eigenvalue weighted by Gasteiger charge is 2.32. The molecule has 1 aromatic heterocycles. The number of nitrogens with zero attached hydrogens (tertiary/aromatic N) is 3. The Kier molecular flexibility index (Phi) is 8.62. The van der Waals surface area contributed by atoms with Crippen LogP contribution in [-0.4, -0.2) is 51.8 Å². The van der Waals surface area contributed by atoms with E-state index in [1.54, 1.807) is 16.7 Å². The number of unbranched alkanes of at least 4 members (excludes halogenated alkanes) is 1. The Labute approximate surface area is 219 Å². The van der Waals surface area contributed by atoms with Gasteiger partial charge in [-0.05, 0) is 42.8 Å². The first-order valence-electron chi connectivity index (χ1n) is 11.3. The second-order valence-electron chi connectivity index (χ2n) is 7.89. The number of ether oxygens (including phenoxy) is 2. The van der Waals surface area contributed by atoms with Crippen molar-refractivity contribution in [3.63, 3.8) is 0 Å². The number of benzene rings is 2. The van der Waals surface area contributed by atoms with Gasteiger partial charge < -0.3 is 9.47 Å². The van der Waals surface area contributed by atoms with Crippen LogP contribution < -0.4 is 4.74 Å². The molecule has 0 unspecified atom stereocenters. The lowest BCUT2D eigenvalue weighted by Gasteiger charge is -2.12. The molecule has 4 rings (SSSR count). The summed E-state index contributed by atoms with van der Waals surface area (Å²) in [7, 11) is 1.60. The van der Waals surface area contributed by atoms with Gasteiger partial charge in [0, 0.05) is 24.4 Å². The Morgan fingerprint density at radius 3 is 2.69 bits per heavy atom. The van der Waals surface area contributed by atoms with Crippen molar-refractivity contribution in [2.75, 3.05) is 26.9 Å². The summed E-state index contributed by atoms with van der Waals surface area (Å²) in [4.78, 5) is 15.1. The fraction of sp³-hybridized carbons (Fsp3) is 0.269. The lowest BCUT2D eigenvalue weighted by atomic mass is 10.1. The number of carbonyl (C=O) groups excluding carboxylic acids is 1. The van der Waals surface area contributed by atoms with E-state index in [9.17, 15) is 4.79 Å². The normalized spacial score (nSPS) is 14.8. The van der Waals surface area contributed by atoms with Crippen molar-refractivity contribution in [1.82, 2.24) is 14.7 Å². The topological polar surface area (TPSA) is 56.6 Å². The number of thioether (sulfide) groups is 1. The van der Waals surface area contributed by atoms with Crippen LogP contribution in [0.4, 0.5) is 0 Å². The fourth-order valence-corrected chi connectivity index (χ4v) is 5.07. The smallest absolute Gasteiger partial charge is 0.266 e. The maximum atomic E-state index is 13.0. The molecule has 0 atom stereocenters. The molecule has 6 nitrogen and oxygen atoms in total. The Balaban J connectivity index is 1.72. The van der Waals surface area contributed by atoms with Crippen molar-refractivity contribution in [3.05, 3.63) is 70.2 Å². The minimum Gasteiger partial charge on any atom is -0.492 e. The molecule has 1 aliphatic rings. The zero-order chi connectivity index (χ0) is 24.8.